The summed E-state index contributed by atoms with van der Waals surface area (Å²) in [7, 11) is 0. The molecule has 0 aromatic heterocycles. The molecular formula is C21H21N5O3. The molecule has 1 saturated heterocycles. The highest BCUT2D eigenvalue weighted by molar-refractivity contribution is 6.06. The van der Waals surface area contributed by atoms with Crippen LogP contribution in [0.25, 0.3) is 0 Å². The number of benzene rings is 2. The summed E-state index contributed by atoms with van der Waals surface area (Å²) in [6, 6.07) is 15.2. The summed E-state index contributed by atoms with van der Waals surface area (Å²) in [6.07, 6.45) is 5.00. The van der Waals surface area contributed by atoms with Crippen molar-refractivity contribution in [1.29, 1.82) is 5.26 Å². The molecule has 1 amide bonds. The molecule has 1 aliphatic heterocycles. The maximum atomic E-state index is 12.3. The molecule has 0 spiro atoms. The van der Waals surface area contributed by atoms with Crippen LogP contribution < -0.4 is 15.5 Å². The van der Waals surface area contributed by atoms with Gasteiger partial charge in [0.05, 0.1) is 4.92 Å². The molecule has 0 atom stereocenters. The van der Waals surface area contributed by atoms with Gasteiger partial charge in [0.15, 0.2) is 0 Å². The fraction of sp³-hybridized carbons (Fsp3) is 0.238. The number of nitrogens with one attached hydrogen (secondary N) is 2. The van der Waals surface area contributed by atoms with Crippen LogP contribution in [0, 0.1) is 21.4 Å². The highest BCUT2D eigenvalue weighted by Gasteiger charge is 2.13. The molecule has 2 N–H and O–H groups in total. The lowest BCUT2D eigenvalue weighted by atomic mass is 10.1. The summed E-state index contributed by atoms with van der Waals surface area (Å²) in [5.41, 5.74) is 1.87. The molecule has 2 aromatic rings. The summed E-state index contributed by atoms with van der Waals surface area (Å²) >= 11 is 0. The summed E-state index contributed by atoms with van der Waals surface area (Å²) < 4.78 is 0. The Morgan fingerprint density at radius 2 is 1.83 bits per heavy atom. The van der Waals surface area contributed by atoms with Crippen LogP contribution in [0.1, 0.15) is 19.3 Å². The van der Waals surface area contributed by atoms with Gasteiger partial charge in [-0.3, -0.25) is 14.9 Å². The Morgan fingerprint density at radius 1 is 1.10 bits per heavy atom. The highest BCUT2D eigenvalue weighted by Crippen LogP contribution is 2.22. The molecule has 8 nitrogen and oxygen atoms in total. The van der Waals surface area contributed by atoms with Crippen LogP contribution >= 0.6 is 0 Å². The molecule has 0 bridgehead atoms. The molecule has 0 unspecified atom stereocenters. The third kappa shape index (κ3) is 5.32. The predicted molar refractivity (Wildman–Crippen MR) is 112 cm³/mol. The molecule has 29 heavy (non-hydrogen) atoms. The van der Waals surface area contributed by atoms with Crippen LogP contribution in [0.2, 0.25) is 0 Å². The number of amides is 1. The molecule has 3 rings (SSSR count). The number of nitrogens with zero attached hydrogens (tertiary/aromatic N) is 3. The molecule has 148 valence electrons. The summed E-state index contributed by atoms with van der Waals surface area (Å²) in [5.74, 6) is -0.648. The van der Waals surface area contributed by atoms with Gasteiger partial charge in [0.25, 0.3) is 11.6 Å². The molecule has 1 aliphatic rings. The van der Waals surface area contributed by atoms with Crippen molar-refractivity contribution in [3.8, 4) is 6.07 Å². The van der Waals surface area contributed by atoms with Crippen molar-refractivity contribution in [2.24, 2.45) is 0 Å². The molecule has 0 aliphatic carbocycles. The number of hydrogen-bond donors (Lipinski definition) is 2. The van der Waals surface area contributed by atoms with Crippen molar-refractivity contribution in [2.75, 3.05) is 28.6 Å². The minimum absolute atomic E-state index is 0.141. The lowest BCUT2D eigenvalue weighted by Crippen LogP contribution is -2.29. The monoisotopic (exact) mass is 391 g/mol. The zero-order valence-electron chi connectivity index (χ0n) is 15.8. The average Bonchev–Trinajstić information content (AvgIpc) is 2.75. The first-order valence-corrected chi connectivity index (χ1v) is 9.34. The van der Waals surface area contributed by atoms with E-state index >= 15 is 0 Å². The number of carbonyl (C=O) groups excluding carboxylic acids is 1. The lowest BCUT2D eigenvalue weighted by molar-refractivity contribution is -0.384. The standard InChI is InChI=1S/C21H21N5O3/c22-14-16(21(27)24-18-5-4-6-20(13-18)26(28)29)15-23-17-7-9-19(10-8-17)25-11-2-1-3-12-25/h4-10,13,15,23H,1-3,11-12H2,(H,24,27)/b16-15-. The van der Waals surface area contributed by atoms with E-state index in [1.807, 2.05) is 30.3 Å². The first kappa shape index (κ1) is 19.9. The number of anilines is 3. The zero-order valence-corrected chi connectivity index (χ0v) is 15.8. The van der Waals surface area contributed by atoms with Crippen LogP contribution in [-0.2, 0) is 4.79 Å². The number of piperidine rings is 1. The summed E-state index contributed by atoms with van der Waals surface area (Å²) in [6.45, 7) is 2.12. The Kier molecular flexibility index (Phi) is 6.43. The second-order valence-corrected chi connectivity index (χ2v) is 6.67. The van der Waals surface area contributed by atoms with Gasteiger partial charge < -0.3 is 15.5 Å². The van der Waals surface area contributed by atoms with E-state index in [0.717, 1.165) is 24.5 Å². The first-order chi connectivity index (χ1) is 14.1. The van der Waals surface area contributed by atoms with E-state index in [1.54, 1.807) is 0 Å². The van der Waals surface area contributed by atoms with Gasteiger partial charge in [-0.05, 0) is 49.6 Å². The minimum atomic E-state index is -0.648. The molecule has 0 radical (unpaired) electrons. The fourth-order valence-electron chi connectivity index (χ4n) is 3.12. The number of nitriles is 1. The SMILES string of the molecule is N#C/C(=C/Nc1ccc(N2CCCCC2)cc1)C(=O)Nc1cccc([N+](=O)[O-])c1. The van der Waals surface area contributed by atoms with E-state index < -0.39 is 10.8 Å². The van der Waals surface area contributed by atoms with Gasteiger partial charge in [0.2, 0.25) is 0 Å². The van der Waals surface area contributed by atoms with Crippen molar-refractivity contribution in [2.45, 2.75) is 19.3 Å². The highest BCUT2D eigenvalue weighted by atomic mass is 16.6. The number of carbonyl (C=O) groups is 1. The Bertz CT molecular complexity index is 957. The van der Waals surface area contributed by atoms with Gasteiger partial charge in [-0.2, -0.15) is 5.26 Å². The van der Waals surface area contributed by atoms with Crippen LogP contribution in [0.3, 0.4) is 0 Å². The van der Waals surface area contributed by atoms with Crippen molar-refractivity contribution < 1.29 is 9.72 Å². The van der Waals surface area contributed by atoms with E-state index in [0.29, 0.717) is 0 Å². The fourth-order valence-corrected chi connectivity index (χ4v) is 3.12. The summed E-state index contributed by atoms with van der Waals surface area (Å²) in [5, 5.41) is 25.6. The molecule has 1 heterocycles. The van der Waals surface area contributed by atoms with E-state index in [-0.39, 0.29) is 16.9 Å². The van der Waals surface area contributed by atoms with Gasteiger partial charge in [-0.15, -0.1) is 0 Å². The van der Waals surface area contributed by atoms with Crippen molar-refractivity contribution in [3.63, 3.8) is 0 Å². The second-order valence-electron chi connectivity index (χ2n) is 6.67. The van der Waals surface area contributed by atoms with Crippen LogP contribution in [0.5, 0.6) is 0 Å². The van der Waals surface area contributed by atoms with Crippen LogP contribution in [0.15, 0.2) is 60.3 Å². The first-order valence-electron chi connectivity index (χ1n) is 9.34. The normalized spacial score (nSPS) is 14.0. The lowest BCUT2D eigenvalue weighted by Gasteiger charge is -2.28. The van der Waals surface area contributed by atoms with E-state index in [2.05, 4.69) is 15.5 Å². The molecular weight excluding hydrogens is 370 g/mol. The van der Waals surface area contributed by atoms with Gasteiger partial charge in [0, 0.05) is 48.5 Å². The van der Waals surface area contributed by atoms with Gasteiger partial charge in [-0.1, -0.05) is 6.07 Å². The average molecular weight is 391 g/mol. The third-order valence-corrected chi connectivity index (χ3v) is 4.65. The van der Waals surface area contributed by atoms with E-state index in [4.69, 9.17) is 0 Å². The number of nitro benzene ring substituents is 1. The maximum Gasteiger partial charge on any atom is 0.271 e. The van der Waals surface area contributed by atoms with Gasteiger partial charge in [0.1, 0.15) is 11.6 Å². The molecule has 0 saturated carbocycles. The Balaban J connectivity index is 1.63. The van der Waals surface area contributed by atoms with E-state index in [1.165, 1.54) is 49.7 Å². The number of rotatable bonds is 6. The summed E-state index contributed by atoms with van der Waals surface area (Å²) in [4.78, 5) is 24.9. The second kappa shape index (κ2) is 9.37. The molecule has 2 aromatic carbocycles. The van der Waals surface area contributed by atoms with Gasteiger partial charge in [-0.25, -0.2) is 0 Å². The quantitative estimate of drug-likeness (QED) is 0.333. The van der Waals surface area contributed by atoms with Crippen LogP contribution in [0.4, 0.5) is 22.7 Å². The minimum Gasteiger partial charge on any atom is -0.372 e. The zero-order chi connectivity index (χ0) is 20.6. The van der Waals surface area contributed by atoms with Crippen molar-refractivity contribution >= 4 is 28.7 Å². The van der Waals surface area contributed by atoms with Crippen molar-refractivity contribution in [1.82, 2.24) is 0 Å². The number of non-ortho nitro benzene ring substituents is 1. The molecule has 1 fully saturated rings. The number of nitro groups is 1. The number of hydrogen-bond acceptors (Lipinski definition) is 6. The third-order valence-electron chi connectivity index (χ3n) is 4.65. The smallest absolute Gasteiger partial charge is 0.271 e. The Morgan fingerprint density at radius 3 is 2.48 bits per heavy atom. The topological polar surface area (TPSA) is 111 Å². The maximum absolute atomic E-state index is 12.3. The largest absolute Gasteiger partial charge is 0.372 e. The Labute approximate surface area is 168 Å². The predicted octanol–water partition coefficient (Wildman–Crippen LogP) is 4.04. The van der Waals surface area contributed by atoms with Gasteiger partial charge >= 0.3 is 0 Å². The van der Waals surface area contributed by atoms with Crippen LogP contribution in [-0.4, -0.2) is 23.9 Å². The molecule has 8 heteroatoms. The Hall–Kier alpha value is -3.86. The van der Waals surface area contributed by atoms with Crippen molar-refractivity contribution in [3.05, 3.63) is 70.4 Å². The van der Waals surface area contributed by atoms with E-state index in [9.17, 15) is 20.2 Å².